The summed E-state index contributed by atoms with van der Waals surface area (Å²) in [4.78, 5) is 12.2. The predicted molar refractivity (Wildman–Crippen MR) is 86.6 cm³/mol. The highest BCUT2D eigenvalue weighted by atomic mass is 127. The molecule has 1 amide bonds. The number of hydrogen-bond acceptors (Lipinski definition) is 2. The first-order valence-corrected chi connectivity index (χ1v) is 7.78. The van der Waals surface area contributed by atoms with E-state index in [9.17, 15) is 9.90 Å². The maximum atomic E-state index is 12.2. The van der Waals surface area contributed by atoms with Gasteiger partial charge in [0.25, 0.3) is 5.91 Å². The van der Waals surface area contributed by atoms with Crippen molar-refractivity contribution < 1.29 is 9.90 Å². The zero-order valence-corrected chi connectivity index (χ0v) is 14.1. The molecular formula is C14H19ClINO2. The maximum Gasteiger partial charge on any atom is 0.252 e. The Hall–Kier alpha value is -0.330. The third-order valence-electron chi connectivity index (χ3n) is 3.63. The number of carbonyl (C=O) groups is 1. The van der Waals surface area contributed by atoms with Gasteiger partial charge in [0.2, 0.25) is 0 Å². The van der Waals surface area contributed by atoms with Crippen LogP contribution in [0.4, 0.5) is 0 Å². The van der Waals surface area contributed by atoms with Crippen LogP contribution in [0.5, 0.6) is 0 Å². The second-order valence-corrected chi connectivity index (χ2v) is 6.27. The van der Waals surface area contributed by atoms with Crippen molar-refractivity contribution in [1.29, 1.82) is 0 Å². The Morgan fingerprint density at radius 3 is 2.58 bits per heavy atom. The van der Waals surface area contributed by atoms with Crippen molar-refractivity contribution in [2.45, 2.75) is 26.7 Å². The van der Waals surface area contributed by atoms with Gasteiger partial charge in [-0.3, -0.25) is 4.79 Å². The minimum Gasteiger partial charge on any atom is -0.396 e. The molecule has 106 valence electrons. The van der Waals surface area contributed by atoms with E-state index < -0.39 is 0 Å². The highest BCUT2D eigenvalue weighted by molar-refractivity contribution is 14.1. The van der Waals surface area contributed by atoms with Gasteiger partial charge in [-0.25, -0.2) is 0 Å². The van der Waals surface area contributed by atoms with Crippen LogP contribution < -0.4 is 5.32 Å². The SMILES string of the molecule is CCC(CC)(CO)CNC(=O)c1cc(Cl)ccc1I. The predicted octanol–water partition coefficient (Wildman–Crippen LogP) is 3.47. The van der Waals surface area contributed by atoms with Gasteiger partial charge in [0.1, 0.15) is 0 Å². The van der Waals surface area contributed by atoms with Gasteiger partial charge in [0, 0.05) is 20.6 Å². The lowest BCUT2D eigenvalue weighted by atomic mass is 9.83. The average Bonchev–Trinajstić information content (AvgIpc) is 2.43. The standard InChI is InChI=1S/C14H19ClINO2/c1-3-14(4-2,9-18)8-17-13(19)11-7-10(15)5-6-12(11)16/h5-7,18H,3-4,8-9H2,1-2H3,(H,17,19). The van der Waals surface area contributed by atoms with E-state index in [1.807, 2.05) is 19.9 Å². The van der Waals surface area contributed by atoms with E-state index in [1.54, 1.807) is 12.1 Å². The molecule has 0 aliphatic heterocycles. The molecule has 1 aromatic carbocycles. The number of aliphatic hydroxyl groups is 1. The number of carbonyl (C=O) groups excluding carboxylic acids is 1. The van der Waals surface area contributed by atoms with Gasteiger partial charge in [-0.2, -0.15) is 0 Å². The molecule has 1 aromatic rings. The van der Waals surface area contributed by atoms with Crippen molar-refractivity contribution >= 4 is 40.1 Å². The molecule has 0 heterocycles. The van der Waals surface area contributed by atoms with Crippen molar-refractivity contribution in [2.24, 2.45) is 5.41 Å². The van der Waals surface area contributed by atoms with Crippen LogP contribution in [-0.2, 0) is 0 Å². The Kier molecular flexibility index (Phi) is 6.56. The molecule has 0 saturated carbocycles. The topological polar surface area (TPSA) is 49.3 Å². The zero-order chi connectivity index (χ0) is 14.5. The summed E-state index contributed by atoms with van der Waals surface area (Å²) in [6, 6.07) is 5.24. The number of rotatable bonds is 6. The largest absolute Gasteiger partial charge is 0.396 e. The van der Waals surface area contributed by atoms with Crippen LogP contribution in [0, 0.1) is 8.99 Å². The highest BCUT2D eigenvalue weighted by Crippen LogP contribution is 2.25. The molecule has 2 N–H and O–H groups in total. The van der Waals surface area contributed by atoms with E-state index in [1.165, 1.54) is 0 Å². The van der Waals surface area contributed by atoms with Crippen molar-refractivity contribution in [3.05, 3.63) is 32.4 Å². The van der Waals surface area contributed by atoms with E-state index in [2.05, 4.69) is 27.9 Å². The van der Waals surface area contributed by atoms with Crippen molar-refractivity contribution in [2.75, 3.05) is 13.2 Å². The van der Waals surface area contributed by atoms with Gasteiger partial charge < -0.3 is 10.4 Å². The Morgan fingerprint density at radius 1 is 1.42 bits per heavy atom. The Bertz CT molecular complexity index is 439. The summed E-state index contributed by atoms with van der Waals surface area (Å²) in [5.74, 6) is -0.147. The Labute approximate surface area is 132 Å². The van der Waals surface area contributed by atoms with Gasteiger partial charge in [-0.05, 0) is 53.6 Å². The second kappa shape index (κ2) is 7.45. The van der Waals surface area contributed by atoms with Crippen LogP contribution in [0.2, 0.25) is 5.02 Å². The third kappa shape index (κ3) is 4.33. The third-order valence-corrected chi connectivity index (χ3v) is 4.81. The van der Waals surface area contributed by atoms with E-state index in [0.29, 0.717) is 17.1 Å². The van der Waals surface area contributed by atoms with Crippen molar-refractivity contribution in [3.63, 3.8) is 0 Å². The summed E-state index contributed by atoms with van der Waals surface area (Å²) < 4.78 is 0.863. The molecule has 0 fully saturated rings. The van der Waals surface area contributed by atoms with Crippen LogP contribution in [0.3, 0.4) is 0 Å². The van der Waals surface area contributed by atoms with E-state index in [0.717, 1.165) is 16.4 Å². The lowest BCUT2D eigenvalue weighted by molar-refractivity contribution is 0.0850. The molecular weight excluding hydrogens is 377 g/mol. The van der Waals surface area contributed by atoms with E-state index in [-0.39, 0.29) is 17.9 Å². The number of hydrogen-bond donors (Lipinski definition) is 2. The Morgan fingerprint density at radius 2 is 2.05 bits per heavy atom. The first kappa shape index (κ1) is 16.7. The first-order valence-electron chi connectivity index (χ1n) is 6.32. The number of benzene rings is 1. The highest BCUT2D eigenvalue weighted by Gasteiger charge is 2.26. The summed E-state index contributed by atoms with van der Waals surface area (Å²) in [6.45, 7) is 4.59. The number of nitrogens with one attached hydrogen (secondary N) is 1. The van der Waals surface area contributed by atoms with Crippen LogP contribution in [0.1, 0.15) is 37.0 Å². The fraction of sp³-hybridized carbons (Fsp3) is 0.500. The van der Waals surface area contributed by atoms with Gasteiger partial charge in [-0.1, -0.05) is 25.4 Å². The molecule has 0 spiro atoms. The molecule has 5 heteroatoms. The Balaban J connectivity index is 2.77. The lowest BCUT2D eigenvalue weighted by Crippen LogP contribution is -2.39. The second-order valence-electron chi connectivity index (χ2n) is 4.67. The molecule has 0 saturated heterocycles. The van der Waals surface area contributed by atoms with Crippen LogP contribution >= 0.6 is 34.2 Å². The molecule has 0 bridgehead atoms. The fourth-order valence-corrected chi connectivity index (χ4v) is 2.57. The molecule has 0 atom stereocenters. The van der Waals surface area contributed by atoms with Gasteiger partial charge in [-0.15, -0.1) is 0 Å². The smallest absolute Gasteiger partial charge is 0.252 e. The van der Waals surface area contributed by atoms with E-state index >= 15 is 0 Å². The molecule has 1 rings (SSSR count). The van der Waals surface area contributed by atoms with Gasteiger partial charge in [0.15, 0.2) is 0 Å². The first-order chi connectivity index (χ1) is 8.98. The van der Waals surface area contributed by atoms with Gasteiger partial charge >= 0.3 is 0 Å². The van der Waals surface area contributed by atoms with Crippen molar-refractivity contribution in [1.82, 2.24) is 5.32 Å². The molecule has 0 unspecified atom stereocenters. The minimum absolute atomic E-state index is 0.0763. The molecule has 19 heavy (non-hydrogen) atoms. The molecule has 0 aliphatic rings. The summed E-state index contributed by atoms with van der Waals surface area (Å²) in [6.07, 6.45) is 1.65. The van der Waals surface area contributed by atoms with Gasteiger partial charge in [0.05, 0.1) is 12.2 Å². The zero-order valence-electron chi connectivity index (χ0n) is 11.2. The van der Waals surface area contributed by atoms with Crippen LogP contribution in [0.25, 0.3) is 0 Å². The number of halogens is 2. The fourth-order valence-electron chi connectivity index (χ4n) is 1.81. The number of amides is 1. The molecule has 3 nitrogen and oxygen atoms in total. The van der Waals surface area contributed by atoms with Crippen LogP contribution in [-0.4, -0.2) is 24.2 Å². The van der Waals surface area contributed by atoms with E-state index in [4.69, 9.17) is 11.6 Å². The monoisotopic (exact) mass is 395 g/mol. The summed E-state index contributed by atoms with van der Waals surface area (Å²) in [7, 11) is 0. The number of aliphatic hydroxyl groups excluding tert-OH is 1. The minimum atomic E-state index is -0.236. The van der Waals surface area contributed by atoms with Crippen molar-refractivity contribution in [3.8, 4) is 0 Å². The summed E-state index contributed by atoms with van der Waals surface area (Å²) in [5.41, 5.74) is 0.340. The molecule has 0 aromatic heterocycles. The normalized spacial score (nSPS) is 11.4. The summed E-state index contributed by atoms with van der Waals surface area (Å²) in [5, 5.41) is 12.9. The van der Waals surface area contributed by atoms with Crippen LogP contribution in [0.15, 0.2) is 18.2 Å². The maximum absolute atomic E-state index is 12.2. The quantitative estimate of drug-likeness (QED) is 0.725. The summed E-state index contributed by atoms with van der Waals surface area (Å²) >= 11 is 8.02. The molecule has 0 aliphatic carbocycles. The molecule has 0 radical (unpaired) electrons. The average molecular weight is 396 g/mol. The lowest BCUT2D eigenvalue weighted by Gasteiger charge is -2.29.